The zero-order valence-corrected chi connectivity index (χ0v) is 16.8. The zero-order chi connectivity index (χ0) is 19.4. The molecule has 1 N–H and O–H groups in total. The number of pyridine rings is 1. The van der Waals surface area contributed by atoms with Crippen LogP contribution in [0.5, 0.6) is 5.75 Å². The highest BCUT2D eigenvalue weighted by Gasteiger charge is 2.44. The summed E-state index contributed by atoms with van der Waals surface area (Å²) in [5, 5.41) is 10.7. The van der Waals surface area contributed by atoms with E-state index < -0.39 is 0 Å². The minimum Gasteiger partial charge on any atom is -0.487 e. The fraction of sp³-hybridized carbons (Fsp3) is 0.522. The van der Waals surface area contributed by atoms with Gasteiger partial charge >= 0.3 is 0 Å². The van der Waals surface area contributed by atoms with Crippen molar-refractivity contribution in [3.05, 3.63) is 59.9 Å². The second-order valence-corrected chi connectivity index (χ2v) is 8.48. The van der Waals surface area contributed by atoms with E-state index in [-0.39, 0.29) is 11.5 Å². The highest BCUT2D eigenvalue weighted by atomic mass is 16.5. The van der Waals surface area contributed by atoms with Crippen LogP contribution in [0.2, 0.25) is 0 Å². The van der Waals surface area contributed by atoms with E-state index in [4.69, 9.17) is 4.74 Å². The van der Waals surface area contributed by atoms with E-state index in [2.05, 4.69) is 40.0 Å². The van der Waals surface area contributed by atoms with Crippen molar-refractivity contribution in [2.75, 3.05) is 33.2 Å². The molecule has 2 aliphatic heterocycles. The van der Waals surface area contributed by atoms with Gasteiger partial charge in [-0.2, -0.15) is 0 Å². The van der Waals surface area contributed by atoms with Crippen LogP contribution in [0, 0.1) is 5.41 Å². The number of ether oxygens (including phenoxy) is 1. The highest BCUT2D eigenvalue weighted by Crippen LogP contribution is 2.38. The van der Waals surface area contributed by atoms with Gasteiger partial charge in [0, 0.05) is 37.8 Å². The molecule has 0 unspecified atom stereocenters. The highest BCUT2D eigenvalue weighted by molar-refractivity contribution is 5.28. The maximum Gasteiger partial charge on any atom is 0.130 e. The topological polar surface area (TPSA) is 48.8 Å². The molecule has 2 aromatic rings. The molecule has 0 bridgehead atoms. The molecule has 0 saturated carbocycles. The van der Waals surface area contributed by atoms with E-state index in [9.17, 15) is 5.11 Å². The molecule has 2 atom stereocenters. The van der Waals surface area contributed by atoms with Crippen molar-refractivity contribution in [3.63, 3.8) is 0 Å². The Balaban J connectivity index is 1.38. The predicted molar refractivity (Wildman–Crippen MR) is 110 cm³/mol. The lowest BCUT2D eigenvalue weighted by molar-refractivity contribution is -0.0807. The molecule has 3 heterocycles. The van der Waals surface area contributed by atoms with Gasteiger partial charge in [-0.15, -0.1) is 0 Å². The number of benzene rings is 1. The molecular weight excluding hydrogens is 350 g/mol. The van der Waals surface area contributed by atoms with Crippen LogP contribution in [0.4, 0.5) is 0 Å². The number of likely N-dealkylation sites (tertiary alicyclic amines) is 2. The fourth-order valence-electron chi connectivity index (χ4n) is 4.80. The zero-order valence-electron chi connectivity index (χ0n) is 16.8. The molecular formula is C23H31N3O2. The molecule has 0 amide bonds. The van der Waals surface area contributed by atoms with Crippen molar-refractivity contribution < 1.29 is 9.84 Å². The molecule has 28 heavy (non-hydrogen) atoms. The molecule has 2 aliphatic rings. The van der Waals surface area contributed by atoms with E-state index in [0.29, 0.717) is 6.61 Å². The average Bonchev–Trinajstić information content (AvgIpc) is 2.71. The summed E-state index contributed by atoms with van der Waals surface area (Å²) in [6.45, 7) is 5.44. The molecule has 1 aromatic carbocycles. The lowest BCUT2D eigenvalue weighted by Crippen LogP contribution is -2.58. The summed E-state index contributed by atoms with van der Waals surface area (Å²) in [6.07, 6.45) is 4.78. The van der Waals surface area contributed by atoms with Gasteiger partial charge in [0.15, 0.2) is 0 Å². The largest absolute Gasteiger partial charge is 0.487 e. The van der Waals surface area contributed by atoms with Gasteiger partial charge in [-0.1, -0.05) is 18.2 Å². The van der Waals surface area contributed by atoms with E-state index in [1.54, 1.807) is 6.20 Å². The molecule has 0 radical (unpaired) electrons. The third-order valence-electron chi connectivity index (χ3n) is 6.18. The Bertz CT molecular complexity index is 769. The second kappa shape index (κ2) is 8.60. The first-order valence-electron chi connectivity index (χ1n) is 10.3. The average molecular weight is 382 g/mol. The molecule has 150 valence electrons. The van der Waals surface area contributed by atoms with Crippen molar-refractivity contribution in [2.45, 2.75) is 38.5 Å². The third kappa shape index (κ3) is 4.54. The maximum absolute atomic E-state index is 10.7. The van der Waals surface area contributed by atoms with Gasteiger partial charge in [-0.25, -0.2) is 0 Å². The molecule has 2 saturated heterocycles. The molecule has 2 fully saturated rings. The Morgan fingerprint density at radius 1 is 1.18 bits per heavy atom. The van der Waals surface area contributed by atoms with Crippen molar-refractivity contribution >= 4 is 0 Å². The van der Waals surface area contributed by atoms with Crippen LogP contribution in [0.1, 0.15) is 30.5 Å². The van der Waals surface area contributed by atoms with Crippen LogP contribution in [0.15, 0.2) is 48.7 Å². The number of nitrogens with zero attached hydrogens (tertiary/aromatic N) is 3. The van der Waals surface area contributed by atoms with Crippen molar-refractivity contribution in [1.29, 1.82) is 0 Å². The number of hydrogen-bond acceptors (Lipinski definition) is 5. The van der Waals surface area contributed by atoms with E-state index in [1.165, 1.54) is 5.56 Å². The van der Waals surface area contributed by atoms with Crippen LogP contribution in [-0.2, 0) is 13.2 Å². The lowest BCUT2D eigenvalue weighted by atomic mass is 9.71. The number of aliphatic hydroxyl groups is 1. The van der Waals surface area contributed by atoms with Gasteiger partial charge in [0.2, 0.25) is 0 Å². The Labute approximate surface area is 168 Å². The van der Waals surface area contributed by atoms with Crippen LogP contribution >= 0.6 is 0 Å². The van der Waals surface area contributed by atoms with Gasteiger partial charge < -0.3 is 14.7 Å². The molecule has 5 nitrogen and oxygen atoms in total. The summed E-state index contributed by atoms with van der Waals surface area (Å²) in [5.41, 5.74) is 2.22. The van der Waals surface area contributed by atoms with Crippen LogP contribution in [0.3, 0.4) is 0 Å². The molecule has 1 spiro atoms. The maximum atomic E-state index is 10.7. The Kier molecular flexibility index (Phi) is 5.95. The van der Waals surface area contributed by atoms with E-state index in [1.807, 2.05) is 24.3 Å². The smallest absolute Gasteiger partial charge is 0.130 e. The lowest BCUT2D eigenvalue weighted by Gasteiger charge is -2.50. The van der Waals surface area contributed by atoms with Crippen molar-refractivity contribution in [3.8, 4) is 5.75 Å². The third-order valence-corrected chi connectivity index (χ3v) is 6.18. The van der Waals surface area contributed by atoms with Crippen LogP contribution < -0.4 is 4.74 Å². The SMILES string of the molecule is CN1CC[C@H](O)[C@@]2(CCCN(Cc3cccc(OCc4ccccn4)c3)C2)C1. The quantitative estimate of drug-likeness (QED) is 0.863. The number of piperidine rings is 2. The molecule has 0 aliphatic carbocycles. The molecule has 5 heteroatoms. The summed E-state index contributed by atoms with van der Waals surface area (Å²) in [4.78, 5) is 9.19. The Morgan fingerprint density at radius 3 is 2.96 bits per heavy atom. The fourth-order valence-corrected chi connectivity index (χ4v) is 4.80. The van der Waals surface area contributed by atoms with E-state index >= 15 is 0 Å². The van der Waals surface area contributed by atoms with Gasteiger partial charge in [0.05, 0.1) is 11.8 Å². The summed E-state index contributed by atoms with van der Waals surface area (Å²) in [6, 6.07) is 14.2. The van der Waals surface area contributed by atoms with Crippen LogP contribution in [-0.4, -0.2) is 59.2 Å². The second-order valence-electron chi connectivity index (χ2n) is 8.48. The number of rotatable bonds is 5. The number of hydrogen-bond donors (Lipinski definition) is 1. The van der Waals surface area contributed by atoms with Gasteiger partial charge in [0.1, 0.15) is 12.4 Å². The van der Waals surface area contributed by atoms with Crippen molar-refractivity contribution in [1.82, 2.24) is 14.8 Å². The van der Waals surface area contributed by atoms with Crippen LogP contribution in [0.25, 0.3) is 0 Å². The van der Waals surface area contributed by atoms with Gasteiger partial charge in [-0.05, 0) is 62.7 Å². The summed E-state index contributed by atoms with van der Waals surface area (Å²) >= 11 is 0. The number of aromatic nitrogens is 1. The minimum absolute atomic E-state index is 0.0261. The number of aliphatic hydroxyl groups excluding tert-OH is 1. The predicted octanol–water partition coefficient (Wildman–Crippen LogP) is 2.94. The monoisotopic (exact) mass is 381 g/mol. The van der Waals surface area contributed by atoms with E-state index in [0.717, 1.165) is 63.4 Å². The standard InChI is InChI=1S/C23H31N3O2/c1-25-13-9-22(27)23(17-25)10-5-12-26(18-23)15-19-6-4-8-21(14-19)28-16-20-7-2-3-11-24-20/h2-4,6-8,11,14,22,27H,5,9-10,12-13,15-18H2,1H3/t22-,23-/m0/s1. The minimum atomic E-state index is -0.181. The molecule has 1 aromatic heterocycles. The first-order chi connectivity index (χ1) is 13.6. The summed E-state index contributed by atoms with van der Waals surface area (Å²) in [7, 11) is 2.18. The van der Waals surface area contributed by atoms with Gasteiger partial charge in [-0.3, -0.25) is 9.88 Å². The Morgan fingerprint density at radius 2 is 2.11 bits per heavy atom. The normalized spacial score (nSPS) is 26.4. The first kappa shape index (κ1) is 19.4. The van der Waals surface area contributed by atoms with Gasteiger partial charge in [0.25, 0.3) is 0 Å². The Hall–Kier alpha value is -1.95. The first-order valence-corrected chi connectivity index (χ1v) is 10.3. The summed E-state index contributed by atoms with van der Waals surface area (Å²) in [5.74, 6) is 0.882. The summed E-state index contributed by atoms with van der Waals surface area (Å²) < 4.78 is 5.94. The molecule has 4 rings (SSSR count). The van der Waals surface area contributed by atoms with Crippen molar-refractivity contribution in [2.24, 2.45) is 5.41 Å².